The van der Waals surface area contributed by atoms with Crippen molar-refractivity contribution < 1.29 is 19.4 Å². The maximum atomic E-state index is 12.6. The molecule has 1 heterocycles. The van der Waals surface area contributed by atoms with E-state index >= 15 is 0 Å². The third-order valence-electron chi connectivity index (χ3n) is 3.49. The largest absolute Gasteiger partial charge is 0.480 e. The highest BCUT2D eigenvalue weighted by atomic mass is 127. The van der Waals surface area contributed by atoms with E-state index in [9.17, 15) is 14.7 Å². The number of hydrogen-bond donors (Lipinski definition) is 1. The van der Waals surface area contributed by atoms with E-state index in [4.69, 9.17) is 4.74 Å². The normalized spacial score (nSPS) is 22.1. The third kappa shape index (κ3) is 2.95. The van der Waals surface area contributed by atoms with Gasteiger partial charge >= 0.3 is 5.97 Å². The third-order valence-corrected chi connectivity index (χ3v) is 4.43. The van der Waals surface area contributed by atoms with Gasteiger partial charge in [0.1, 0.15) is 6.04 Å². The molecule has 0 aliphatic carbocycles. The van der Waals surface area contributed by atoms with Gasteiger partial charge in [0, 0.05) is 23.6 Å². The molecular formula is C14H16INO4. The van der Waals surface area contributed by atoms with Gasteiger partial charge in [0.25, 0.3) is 5.91 Å². The monoisotopic (exact) mass is 389 g/mol. The lowest BCUT2D eigenvalue weighted by atomic mass is 10.1. The van der Waals surface area contributed by atoms with Gasteiger partial charge in [-0.15, -0.1) is 0 Å². The average molecular weight is 389 g/mol. The minimum absolute atomic E-state index is 0.220. The summed E-state index contributed by atoms with van der Waals surface area (Å²) in [6.07, 6.45) is 0.113. The first kappa shape index (κ1) is 15.2. The lowest BCUT2D eigenvalue weighted by molar-refractivity contribution is -0.141. The van der Waals surface area contributed by atoms with Gasteiger partial charge in [-0.3, -0.25) is 4.79 Å². The molecule has 0 bridgehead atoms. The quantitative estimate of drug-likeness (QED) is 0.803. The van der Waals surface area contributed by atoms with Gasteiger partial charge in [-0.25, -0.2) is 4.79 Å². The number of carbonyl (C=O) groups is 2. The Bertz CT molecular complexity index is 546. The molecular weight excluding hydrogens is 373 g/mol. The standard InChI is InChI=1S/C14H16INO4/c1-8-3-4-11(15)10(5-8)13(17)16-7-9(20-2)6-12(16)14(18)19/h3-5,9,12H,6-7H2,1-2H3,(H,18,19). The van der Waals surface area contributed by atoms with Gasteiger partial charge < -0.3 is 14.7 Å². The molecule has 1 aromatic rings. The fourth-order valence-corrected chi connectivity index (χ4v) is 2.95. The number of aliphatic carboxylic acids is 1. The number of carboxylic acids is 1. The van der Waals surface area contributed by atoms with Crippen LogP contribution in [0.1, 0.15) is 22.3 Å². The number of aryl methyl sites for hydroxylation is 1. The van der Waals surface area contributed by atoms with Crippen LogP contribution < -0.4 is 0 Å². The lowest BCUT2D eigenvalue weighted by Gasteiger charge is -2.22. The van der Waals surface area contributed by atoms with E-state index in [0.29, 0.717) is 18.5 Å². The number of carboxylic acid groups (broad SMARTS) is 1. The summed E-state index contributed by atoms with van der Waals surface area (Å²) < 4.78 is 6.03. The molecule has 1 aromatic carbocycles. The zero-order chi connectivity index (χ0) is 14.9. The maximum Gasteiger partial charge on any atom is 0.326 e. The Labute approximate surface area is 131 Å². The van der Waals surface area contributed by atoms with E-state index in [2.05, 4.69) is 22.6 Å². The van der Waals surface area contributed by atoms with Gasteiger partial charge in [-0.2, -0.15) is 0 Å². The van der Waals surface area contributed by atoms with Gasteiger partial charge in [-0.05, 0) is 41.6 Å². The number of ether oxygens (including phenoxy) is 1. The van der Waals surface area contributed by atoms with Crippen LogP contribution in [0.15, 0.2) is 18.2 Å². The summed E-state index contributed by atoms with van der Waals surface area (Å²) in [5.74, 6) is -1.23. The second kappa shape index (κ2) is 6.09. The summed E-state index contributed by atoms with van der Waals surface area (Å²) in [7, 11) is 1.54. The van der Waals surface area contributed by atoms with Gasteiger partial charge in [0.15, 0.2) is 0 Å². The summed E-state index contributed by atoms with van der Waals surface area (Å²) in [6.45, 7) is 2.22. The number of amides is 1. The van der Waals surface area contributed by atoms with E-state index < -0.39 is 12.0 Å². The van der Waals surface area contributed by atoms with E-state index in [1.165, 1.54) is 12.0 Å². The minimum Gasteiger partial charge on any atom is -0.480 e. The minimum atomic E-state index is -0.986. The zero-order valence-electron chi connectivity index (χ0n) is 11.3. The molecule has 0 saturated carbocycles. The molecule has 6 heteroatoms. The second-order valence-electron chi connectivity index (χ2n) is 4.89. The first-order valence-electron chi connectivity index (χ1n) is 6.26. The highest BCUT2D eigenvalue weighted by Crippen LogP contribution is 2.25. The number of carbonyl (C=O) groups excluding carboxylic acids is 1. The Morgan fingerprint density at radius 2 is 2.15 bits per heavy atom. The van der Waals surface area contributed by atoms with Crippen molar-refractivity contribution in [3.05, 3.63) is 32.9 Å². The summed E-state index contributed by atoms with van der Waals surface area (Å²) in [5.41, 5.74) is 1.52. The highest BCUT2D eigenvalue weighted by Gasteiger charge is 2.40. The van der Waals surface area contributed by atoms with Crippen molar-refractivity contribution in [2.24, 2.45) is 0 Å². The molecule has 1 fully saturated rings. The molecule has 1 aliphatic heterocycles. The van der Waals surface area contributed by atoms with Crippen molar-refractivity contribution in [1.82, 2.24) is 4.90 Å². The lowest BCUT2D eigenvalue weighted by Crippen LogP contribution is -2.40. The number of rotatable bonds is 3. The Morgan fingerprint density at radius 3 is 2.75 bits per heavy atom. The zero-order valence-corrected chi connectivity index (χ0v) is 13.5. The Balaban J connectivity index is 2.31. The summed E-state index contributed by atoms with van der Waals surface area (Å²) >= 11 is 2.09. The van der Waals surface area contributed by atoms with E-state index in [1.807, 2.05) is 19.1 Å². The van der Waals surface area contributed by atoms with Crippen molar-refractivity contribution in [2.75, 3.05) is 13.7 Å². The number of likely N-dealkylation sites (tertiary alicyclic amines) is 1. The smallest absolute Gasteiger partial charge is 0.326 e. The SMILES string of the molecule is COC1CC(C(=O)O)N(C(=O)c2cc(C)ccc2I)C1. The number of hydrogen-bond acceptors (Lipinski definition) is 3. The molecule has 1 aliphatic rings. The topological polar surface area (TPSA) is 66.8 Å². The molecule has 1 amide bonds. The molecule has 2 unspecified atom stereocenters. The first-order chi connectivity index (χ1) is 9.43. The fraction of sp³-hybridized carbons (Fsp3) is 0.429. The molecule has 1 saturated heterocycles. The fourth-order valence-electron chi connectivity index (χ4n) is 2.38. The van der Waals surface area contributed by atoms with Crippen LogP contribution in [-0.4, -0.2) is 47.7 Å². The van der Waals surface area contributed by atoms with Crippen molar-refractivity contribution in [3.63, 3.8) is 0 Å². The van der Waals surface area contributed by atoms with Crippen LogP contribution in [0.4, 0.5) is 0 Å². The van der Waals surface area contributed by atoms with Gasteiger partial charge in [0.05, 0.1) is 11.7 Å². The Kier molecular flexibility index (Phi) is 4.64. The van der Waals surface area contributed by atoms with Crippen molar-refractivity contribution in [2.45, 2.75) is 25.5 Å². The molecule has 0 spiro atoms. The molecule has 20 heavy (non-hydrogen) atoms. The second-order valence-corrected chi connectivity index (χ2v) is 6.05. The Hall–Kier alpha value is -1.15. The summed E-state index contributed by atoms with van der Waals surface area (Å²) in [6, 6.07) is 4.77. The summed E-state index contributed by atoms with van der Waals surface area (Å²) in [5, 5.41) is 9.27. The van der Waals surface area contributed by atoms with Crippen LogP contribution in [0.3, 0.4) is 0 Å². The predicted molar refractivity (Wildman–Crippen MR) is 81.8 cm³/mol. The highest BCUT2D eigenvalue weighted by molar-refractivity contribution is 14.1. The van der Waals surface area contributed by atoms with E-state index in [0.717, 1.165) is 9.13 Å². The van der Waals surface area contributed by atoms with Crippen molar-refractivity contribution >= 4 is 34.5 Å². The van der Waals surface area contributed by atoms with Crippen LogP contribution in [0.2, 0.25) is 0 Å². The van der Waals surface area contributed by atoms with Crippen LogP contribution in [-0.2, 0) is 9.53 Å². The molecule has 5 nitrogen and oxygen atoms in total. The molecule has 0 aromatic heterocycles. The predicted octanol–water partition coefficient (Wildman–Crippen LogP) is 1.91. The number of halogens is 1. The molecule has 2 atom stereocenters. The van der Waals surface area contributed by atoms with E-state index in [-0.39, 0.29) is 12.0 Å². The number of methoxy groups -OCH3 is 1. The van der Waals surface area contributed by atoms with Crippen molar-refractivity contribution in [1.29, 1.82) is 0 Å². The molecule has 0 radical (unpaired) electrons. The Morgan fingerprint density at radius 1 is 1.45 bits per heavy atom. The average Bonchev–Trinajstić information content (AvgIpc) is 2.85. The van der Waals surface area contributed by atoms with Gasteiger partial charge in [0.2, 0.25) is 0 Å². The number of nitrogens with zero attached hydrogens (tertiary/aromatic N) is 1. The van der Waals surface area contributed by atoms with Crippen LogP contribution in [0.25, 0.3) is 0 Å². The van der Waals surface area contributed by atoms with Crippen LogP contribution in [0.5, 0.6) is 0 Å². The summed E-state index contributed by atoms with van der Waals surface area (Å²) in [4.78, 5) is 25.3. The maximum absolute atomic E-state index is 12.6. The number of benzene rings is 1. The van der Waals surface area contributed by atoms with Crippen LogP contribution >= 0.6 is 22.6 Å². The molecule has 2 rings (SSSR count). The van der Waals surface area contributed by atoms with Crippen molar-refractivity contribution in [3.8, 4) is 0 Å². The first-order valence-corrected chi connectivity index (χ1v) is 7.34. The molecule has 1 N–H and O–H groups in total. The van der Waals surface area contributed by atoms with E-state index in [1.54, 1.807) is 6.07 Å². The van der Waals surface area contributed by atoms with Gasteiger partial charge in [-0.1, -0.05) is 11.6 Å². The van der Waals surface area contributed by atoms with Crippen LogP contribution in [0, 0.1) is 10.5 Å². The molecule has 108 valence electrons.